The van der Waals surface area contributed by atoms with Gasteiger partial charge in [-0.2, -0.15) is 4.31 Å². The fourth-order valence-corrected chi connectivity index (χ4v) is 4.62. The van der Waals surface area contributed by atoms with Gasteiger partial charge in [-0.1, -0.05) is 20.8 Å². The van der Waals surface area contributed by atoms with E-state index in [0.29, 0.717) is 43.4 Å². The molecule has 8 nitrogen and oxygen atoms in total. The molecule has 0 radical (unpaired) electrons. The SMILES string of the molecule is CCOc1ccc(Oc2ccc(S(=O)(=O)N(CC)CC)cc2NC(=O)C(CC)OC)cc1. The smallest absolute Gasteiger partial charge is 0.253 e. The lowest BCUT2D eigenvalue weighted by molar-refractivity contribution is -0.125. The molecule has 2 rings (SSSR count). The van der Waals surface area contributed by atoms with Gasteiger partial charge < -0.3 is 19.5 Å². The number of carbonyl (C=O) groups is 1. The van der Waals surface area contributed by atoms with Crippen molar-refractivity contribution in [3.63, 3.8) is 0 Å². The molecule has 0 aliphatic carbocycles. The predicted octanol–water partition coefficient (Wildman–Crippen LogP) is 4.27. The summed E-state index contributed by atoms with van der Waals surface area (Å²) >= 11 is 0. The molecule has 1 amide bonds. The molecule has 0 aliphatic heterocycles. The van der Waals surface area contributed by atoms with Crippen LogP contribution in [-0.2, 0) is 19.6 Å². The number of nitrogens with one attached hydrogen (secondary N) is 1. The average Bonchev–Trinajstić information content (AvgIpc) is 2.78. The zero-order valence-electron chi connectivity index (χ0n) is 19.3. The molecule has 1 atom stereocenters. The normalized spacial score (nSPS) is 12.4. The summed E-state index contributed by atoms with van der Waals surface area (Å²) in [5.41, 5.74) is 0.243. The zero-order chi connectivity index (χ0) is 23.7. The van der Waals surface area contributed by atoms with Crippen LogP contribution in [0.5, 0.6) is 17.2 Å². The molecule has 1 N–H and O–H groups in total. The van der Waals surface area contributed by atoms with Crippen LogP contribution < -0.4 is 14.8 Å². The van der Waals surface area contributed by atoms with E-state index in [1.807, 2.05) is 13.8 Å². The minimum atomic E-state index is -3.71. The van der Waals surface area contributed by atoms with Crippen LogP contribution in [0.25, 0.3) is 0 Å². The Balaban J connectivity index is 2.44. The number of hydrogen-bond acceptors (Lipinski definition) is 6. The van der Waals surface area contributed by atoms with E-state index in [4.69, 9.17) is 14.2 Å². The van der Waals surface area contributed by atoms with E-state index in [9.17, 15) is 13.2 Å². The van der Waals surface area contributed by atoms with Crippen molar-refractivity contribution in [3.05, 3.63) is 42.5 Å². The van der Waals surface area contributed by atoms with Crippen molar-refractivity contribution < 1.29 is 27.4 Å². The summed E-state index contributed by atoms with van der Waals surface area (Å²) in [7, 11) is -2.26. The summed E-state index contributed by atoms with van der Waals surface area (Å²) in [6.45, 7) is 8.51. The number of nitrogens with zero attached hydrogens (tertiary/aromatic N) is 1. The molecule has 9 heteroatoms. The zero-order valence-corrected chi connectivity index (χ0v) is 20.1. The van der Waals surface area contributed by atoms with Crippen LogP contribution in [-0.4, -0.2) is 51.5 Å². The minimum absolute atomic E-state index is 0.0704. The van der Waals surface area contributed by atoms with Crippen LogP contribution in [0, 0.1) is 0 Å². The number of sulfonamides is 1. The molecule has 0 heterocycles. The standard InChI is InChI=1S/C23H32N2O6S/c1-6-21(29-5)23(26)24-20-16-19(32(27,28)25(7-2)8-3)14-15-22(20)31-18-12-10-17(11-13-18)30-9-4/h10-16,21H,6-9H2,1-5H3,(H,24,26). The predicted molar refractivity (Wildman–Crippen MR) is 124 cm³/mol. The van der Waals surface area contributed by atoms with Gasteiger partial charge in [0.25, 0.3) is 5.91 Å². The second-order valence-electron chi connectivity index (χ2n) is 6.88. The molecule has 0 saturated heterocycles. The van der Waals surface area contributed by atoms with Crippen molar-refractivity contribution in [2.24, 2.45) is 0 Å². The molecule has 176 valence electrons. The minimum Gasteiger partial charge on any atom is -0.494 e. The van der Waals surface area contributed by atoms with Crippen LogP contribution in [0.4, 0.5) is 5.69 Å². The molecule has 32 heavy (non-hydrogen) atoms. The number of ether oxygens (including phenoxy) is 3. The van der Waals surface area contributed by atoms with Crippen molar-refractivity contribution in [1.82, 2.24) is 4.31 Å². The summed E-state index contributed by atoms with van der Waals surface area (Å²) in [6, 6.07) is 11.4. The van der Waals surface area contributed by atoms with Crippen molar-refractivity contribution in [1.29, 1.82) is 0 Å². The molecule has 0 aliphatic rings. The van der Waals surface area contributed by atoms with E-state index >= 15 is 0 Å². The molecule has 0 bridgehead atoms. The average molecular weight is 465 g/mol. The number of amides is 1. The Labute approximate surface area is 190 Å². The lowest BCUT2D eigenvalue weighted by Crippen LogP contribution is -2.31. The first-order valence-corrected chi connectivity index (χ1v) is 12.1. The van der Waals surface area contributed by atoms with E-state index in [1.54, 1.807) is 38.1 Å². The number of carbonyl (C=O) groups excluding carboxylic acids is 1. The Hall–Kier alpha value is -2.62. The number of benzene rings is 2. The number of anilines is 1. The summed E-state index contributed by atoms with van der Waals surface area (Å²) in [4.78, 5) is 12.7. The van der Waals surface area contributed by atoms with Crippen LogP contribution in [0.1, 0.15) is 34.1 Å². The van der Waals surface area contributed by atoms with Crippen LogP contribution >= 0.6 is 0 Å². The molecular weight excluding hydrogens is 432 g/mol. The van der Waals surface area contributed by atoms with Gasteiger partial charge in [0.2, 0.25) is 10.0 Å². The van der Waals surface area contributed by atoms with Crippen molar-refractivity contribution in [2.45, 2.75) is 45.1 Å². The second-order valence-corrected chi connectivity index (χ2v) is 8.81. The van der Waals surface area contributed by atoms with E-state index in [0.717, 1.165) is 0 Å². The lowest BCUT2D eigenvalue weighted by Gasteiger charge is -2.21. The first-order valence-electron chi connectivity index (χ1n) is 10.7. The van der Waals surface area contributed by atoms with Crippen molar-refractivity contribution in [3.8, 4) is 17.2 Å². The summed E-state index contributed by atoms with van der Waals surface area (Å²) in [6.07, 6.45) is -0.203. The van der Waals surface area contributed by atoms with Gasteiger partial charge >= 0.3 is 0 Å². The summed E-state index contributed by atoms with van der Waals surface area (Å²) in [5, 5.41) is 2.76. The number of methoxy groups -OCH3 is 1. The summed E-state index contributed by atoms with van der Waals surface area (Å²) < 4.78 is 43.9. The molecular formula is C23H32N2O6S. The summed E-state index contributed by atoms with van der Waals surface area (Å²) in [5.74, 6) is 1.15. The van der Waals surface area contributed by atoms with Gasteiger partial charge in [-0.05, 0) is 55.8 Å². The van der Waals surface area contributed by atoms with Gasteiger partial charge in [0.1, 0.15) is 17.6 Å². The maximum Gasteiger partial charge on any atom is 0.253 e. The molecule has 2 aromatic carbocycles. The topological polar surface area (TPSA) is 94.2 Å². The number of hydrogen-bond donors (Lipinski definition) is 1. The molecule has 0 aromatic heterocycles. The fraction of sp³-hybridized carbons (Fsp3) is 0.435. The molecule has 0 saturated carbocycles. The van der Waals surface area contributed by atoms with Gasteiger partial charge in [-0.25, -0.2) is 8.42 Å². The third-order valence-corrected chi connectivity index (χ3v) is 6.91. The quantitative estimate of drug-likeness (QED) is 0.504. The first kappa shape index (κ1) is 25.6. The Morgan fingerprint density at radius 3 is 2.16 bits per heavy atom. The maximum absolute atomic E-state index is 13.0. The second kappa shape index (κ2) is 11.8. The van der Waals surface area contributed by atoms with Gasteiger partial charge in [0, 0.05) is 20.2 Å². The van der Waals surface area contributed by atoms with E-state index in [-0.39, 0.29) is 16.5 Å². The van der Waals surface area contributed by atoms with Crippen LogP contribution in [0.2, 0.25) is 0 Å². The first-order chi connectivity index (χ1) is 15.3. The van der Waals surface area contributed by atoms with E-state index in [2.05, 4.69) is 5.32 Å². The monoisotopic (exact) mass is 464 g/mol. The van der Waals surface area contributed by atoms with Crippen LogP contribution in [0.3, 0.4) is 0 Å². The Morgan fingerprint density at radius 1 is 1.00 bits per heavy atom. The Kier molecular flexibility index (Phi) is 9.49. The highest BCUT2D eigenvalue weighted by Gasteiger charge is 2.24. The van der Waals surface area contributed by atoms with Gasteiger partial charge in [-0.15, -0.1) is 0 Å². The molecule has 0 fully saturated rings. The number of rotatable bonds is 12. The highest BCUT2D eigenvalue weighted by atomic mass is 32.2. The van der Waals surface area contributed by atoms with Crippen LogP contribution in [0.15, 0.2) is 47.4 Å². The third-order valence-electron chi connectivity index (χ3n) is 4.86. The maximum atomic E-state index is 13.0. The van der Waals surface area contributed by atoms with Gasteiger partial charge in [0.15, 0.2) is 5.75 Å². The highest BCUT2D eigenvalue weighted by molar-refractivity contribution is 7.89. The van der Waals surface area contributed by atoms with E-state index in [1.165, 1.54) is 29.6 Å². The van der Waals surface area contributed by atoms with Gasteiger partial charge in [-0.3, -0.25) is 4.79 Å². The van der Waals surface area contributed by atoms with Crippen molar-refractivity contribution in [2.75, 3.05) is 32.1 Å². The fourth-order valence-electron chi connectivity index (χ4n) is 3.14. The molecule has 0 spiro atoms. The largest absolute Gasteiger partial charge is 0.494 e. The van der Waals surface area contributed by atoms with E-state index < -0.39 is 16.1 Å². The third kappa shape index (κ3) is 6.21. The highest BCUT2D eigenvalue weighted by Crippen LogP contribution is 2.33. The Morgan fingerprint density at radius 2 is 1.62 bits per heavy atom. The van der Waals surface area contributed by atoms with Crippen molar-refractivity contribution >= 4 is 21.6 Å². The van der Waals surface area contributed by atoms with Gasteiger partial charge in [0.05, 0.1) is 17.2 Å². The Bertz CT molecular complexity index is 984. The molecule has 2 aromatic rings. The lowest BCUT2D eigenvalue weighted by atomic mass is 10.2. The molecule has 1 unspecified atom stereocenters.